The number of nitrogens with one attached hydrogen (secondary N) is 2. The Balaban J connectivity index is 1.91. The first-order chi connectivity index (χ1) is 16.7. The van der Waals surface area contributed by atoms with E-state index in [1.165, 1.54) is 0 Å². The van der Waals surface area contributed by atoms with Crippen LogP contribution in [0.2, 0.25) is 0 Å². The smallest absolute Gasteiger partial charge is 0.238 e. The molecule has 0 spiro atoms. The standard InChI is InChI=1S/C30H38N2O3/c1-19(2)25-13-10-14-26(20(3)4)30(25)32-28(33)18-31-29(27-12-9-8-11-21(27)5)22-15-23(34-6)17-24(16-22)35-7/h8-17,19-20,29,31H,18H2,1-7H3,(H,32,33). The van der Waals surface area contributed by atoms with Crippen molar-refractivity contribution in [1.82, 2.24) is 5.32 Å². The number of carbonyl (C=O) groups excluding carboxylic acids is 1. The van der Waals surface area contributed by atoms with E-state index in [1.807, 2.05) is 30.3 Å². The van der Waals surface area contributed by atoms with Crippen LogP contribution in [-0.2, 0) is 4.79 Å². The van der Waals surface area contributed by atoms with Gasteiger partial charge in [0.1, 0.15) is 11.5 Å². The Kier molecular flexibility index (Phi) is 8.94. The highest BCUT2D eigenvalue weighted by Crippen LogP contribution is 2.33. The molecule has 3 aromatic rings. The van der Waals surface area contributed by atoms with Gasteiger partial charge in [-0.2, -0.15) is 0 Å². The SMILES string of the molecule is COc1cc(OC)cc(C(NCC(=O)Nc2c(C(C)C)cccc2C(C)C)c2ccccc2C)c1. The molecule has 0 radical (unpaired) electrons. The zero-order valence-corrected chi connectivity index (χ0v) is 21.9. The number of aryl methyl sites for hydroxylation is 1. The largest absolute Gasteiger partial charge is 0.497 e. The summed E-state index contributed by atoms with van der Waals surface area (Å²) in [6, 6.07) is 20.1. The lowest BCUT2D eigenvalue weighted by Crippen LogP contribution is -2.32. The molecule has 186 valence electrons. The minimum Gasteiger partial charge on any atom is -0.497 e. The van der Waals surface area contributed by atoms with E-state index >= 15 is 0 Å². The molecule has 0 aliphatic heterocycles. The van der Waals surface area contributed by atoms with E-state index in [4.69, 9.17) is 9.47 Å². The van der Waals surface area contributed by atoms with Crippen molar-refractivity contribution in [3.8, 4) is 11.5 Å². The number of amides is 1. The van der Waals surface area contributed by atoms with Crippen molar-refractivity contribution in [3.63, 3.8) is 0 Å². The topological polar surface area (TPSA) is 59.6 Å². The second kappa shape index (κ2) is 11.9. The molecule has 1 atom stereocenters. The fourth-order valence-electron chi connectivity index (χ4n) is 4.39. The van der Waals surface area contributed by atoms with Gasteiger partial charge >= 0.3 is 0 Å². The molecule has 0 heterocycles. The minimum absolute atomic E-state index is 0.0755. The first-order valence-corrected chi connectivity index (χ1v) is 12.2. The van der Waals surface area contributed by atoms with Crippen molar-refractivity contribution >= 4 is 11.6 Å². The molecule has 35 heavy (non-hydrogen) atoms. The highest BCUT2D eigenvalue weighted by atomic mass is 16.5. The molecule has 0 aliphatic rings. The average molecular weight is 475 g/mol. The Labute approximate surface area is 209 Å². The highest BCUT2D eigenvalue weighted by Gasteiger charge is 2.21. The van der Waals surface area contributed by atoms with Crippen molar-refractivity contribution < 1.29 is 14.3 Å². The van der Waals surface area contributed by atoms with Crippen LogP contribution in [0, 0.1) is 6.92 Å². The lowest BCUT2D eigenvalue weighted by molar-refractivity contribution is -0.115. The Morgan fingerprint density at radius 2 is 1.34 bits per heavy atom. The molecular weight excluding hydrogens is 436 g/mol. The number of anilines is 1. The Morgan fingerprint density at radius 3 is 1.86 bits per heavy atom. The van der Waals surface area contributed by atoms with Crippen LogP contribution in [0.15, 0.2) is 60.7 Å². The van der Waals surface area contributed by atoms with Crippen LogP contribution in [0.3, 0.4) is 0 Å². The van der Waals surface area contributed by atoms with Gasteiger partial charge in [0.15, 0.2) is 0 Å². The van der Waals surface area contributed by atoms with Crippen LogP contribution >= 0.6 is 0 Å². The molecule has 0 fully saturated rings. The summed E-state index contributed by atoms with van der Waals surface area (Å²) in [5, 5.41) is 6.70. The third kappa shape index (κ3) is 6.43. The number of carbonyl (C=O) groups is 1. The van der Waals surface area contributed by atoms with Gasteiger partial charge in [-0.15, -0.1) is 0 Å². The molecule has 0 aliphatic carbocycles. The van der Waals surface area contributed by atoms with Gasteiger partial charge in [-0.25, -0.2) is 0 Å². The third-order valence-corrected chi connectivity index (χ3v) is 6.31. The lowest BCUT2D eigenvalue weighted by atomic mass is 9.92. The number of para-hydroxylation sites is 1. The van der Waals surface area contributed by atoms with Crippen molar-refractivity contribution in [2.75, 3.05) is 26.1 Å². The van der Waals surface area contributed by atoms with Crippen LogP contribution in [0.4, 0.5) is 5.69 Å². The summed E-state index contributed by atoms with van der Waals surface area (Å²) >= 11 is 0. The predicted molar refractivity (Wildman–Crippen MR) is 144 cm³/mol. The van der Waals surface area contributed by atoms with E-state index in [0.29, 0.717) is 23.3 Å². The first-order valence-electron chi connectivity index (χ1n) is 12.2. The van der Waals surface area contributed by atoms with Crippen molar-refractivity contribution in [3.05, 3.63) is 88.5 Å². The quantitative estimate of drug-likeness (QED) is 0.349. The molecule has 0 saturated carbocycles. The molecular formula is C30H38N2O3. The maximum absolute atomic E-state index is 13.2. The van der Waals surface area contributed by atoms with Gasteiger partial charge in [0, 0.05) is 11.8 Å². The number of hydrogen-bond acceptors (Lipinski definition) is 4. The molecule has 0 saturated heterocycles. The van der Waals surface area contributed by atoms with Crippen molar-refractivity contribution in [2.45, 2.75) is 52.5 Å². The second-order valence-electron chi connectivity index (χ2n) is 9.49. The monoisotopic (exact) mass is 474 g/mol. The molecule has 5 heteroatoms. The van der Waals surface area contributed by atoms with Gasteiger partial charge < -0.3 is 14.8 Å². The molecule has 2 N–H and O–H groups in total. The predicted octanol–water partition coefficient (Wildman–Crippen LogP) is 6.58. The van der Waals surface area contributed by atoms with E-state index in [1.54, 1.807) is 14.2 Å². The maximum Gasteiger partial charge on any atom is 0.238 e. The van der Waals surface area contributed by atoms with Crippen LogP contribution in [0.5, 0.6) is 11.5 Å². The van der Waals surface area contributed by atoms with Crippen molar-refractivity contribution in [2.24, 2.45) is 0 Å². The van der Waals surface area contributed by atoms with E-state index in [-0.39, 0.29) is 18.5 Å². The maximum atomic E-state index is 13.2. The summed E-state index contributed by atoms with van der Waals surface area (Å²) in [5.74, 6) is 1.95. The molecule has 0 bridgehead atoms. The van der Waals surface area contributed by atoms with Crippen LogP contribution in [-0.4, -0.2) is 26.7 Å². The fourth-order valence-corrected chi connectivity index (χ4v) is 4.39. The Hall–Kier alpha value is -3.31. The number of methoxy groups -OCH3 is 2. The second-order valence-corrected chi connectivity index (χ2v) is 9.49. The third-order valence-electron chi connectivity index (χ3n) is 6.31. The molecule has 3 aromatic carbocycles. The van der Waals surface area contributed by atoms with Gasteiger partial charge in [0.2, 0.25) is 5.91 Å². The van der Waals surface area contributed by atoms with E-state index < -0.39 is 0 Å². The van der Waals surface area contributed by atoms with Gasteiger partial charge in [0.25, 0.3) is 0 Å². The van der Waals surface area contributed by atoms with Crippen LogP contribution in [0.25, 0.3) is 0 Å². The Morgan fingerprint density at radius 1 is 0.800 bits per heavy atom. The Bertz CT molecular complexity index is 1110. The summed E-state index contributed by atoms with van der Waals surface area (Å²) in [6.07, 6.45) is 0. The van der Waals surface area contributed by atoms with Gasteiger partial charge in [0.05, 0.1) is 26.8 Å². The number of benzene rings is 3. The summed E-state index contributed by atoms with van der Waals surface area (Å²) in [5.41, 5.74) is 6.43. The lowest BCUT2D eigenvalue weighted by Gasteiger charge is -2.24. The van der Waals surface area contributed by atoms with Crippen LogP contribution < -0.4 is 20.1 Å². The molecule has 3 rings (SSSR count). The summed E-state index contributed by atoms with van der Waals surface area (Å²) < 4.78 is 11.0. The zero-order valence-electron chi connectivity index (χ0n) is 21.9. The average Bonchev–Trinajstić information content (AvgIpc) is 2.84. The molecule has 5 nitrogen and oxygen atoms in total. The number of ether oxygens (including phenoxy) is 2. The van der Waals surface area contributed by atoms with Crippen molar-refractivity contribution in [1.29, 1.82) is 0 Å². The highest BCUT2D eigenvalue weighted by molar-refractivity contribution is 5.94. The summed E-state index contributed by atoms with van der Waals surface area (Å²) in [6.45, 7) is 10.8. The minimum atomic E-state index is -0.212. The molecule has 1 amide bonds. The van der Waals surface area contributed by atoms with E-state index in [0.717, 1.165) is 33.5 Å². The normalized spacial score (nSPS) is 12.0. The first kappa shape index (κ1) is 26.3. The summed E-state index contributed by atoms with van der Waals surface area (Å²) in [7, 11) is 3.28. The summed E-state index contributed by atoms with van der Waals surface area (Å²) in [4.78, 5) is 13.2. The zero-order chi connectivity index (χ0) is 25.5. The van der Waals surface area contributed by atoms with Gasteiger partial charge in [-0.3, -0.25) is 10.1 Å². The van der Waals surface area contributed by atoms with Gasteiger partial charge in [-0.05, 0) is 58.7 Å². The number of hydrogen-bond donors (Lipinski definition) is 2. The van der Waals surface area contributed by atoms with Gasteiger partial charge in [-0.1, -0.05) is 70.2 Å². The number of rotatable bonds is 10. The molecule has 1 unspecified atom stereocenters. The van der Waals surface area contributed by atoms with Crippen LogP contribution in [0.1, 0.15) is 73.4 Å². The van der Waals surface area contributed by atoms with E-state index in [9.17, 15) is 4.79 Å². The van der Waals surface area contributed by atoms with E-state index in [2.05, 4.69) is 75.6 Å². The molecule has 0 aromatic heterocycles. The fraction of sp³-hybridized carbons (Fsp3) is 0.367.